The van der Waals surface area contributed by atoms with E-state index < -0.39 is 30.0 Å². The quantitative estimate of drug-likeness (QED) is 0.167. The van der Waals surface area contributed by atoms with Gasteiger partial charge in [-0.3, -0.25) is 38.4 Å². The smallest absolute Gasteiger partial charge is 0.329 e. The van der Waals surface area contributed by atoms with Crippen molar-refractivity contribution in [1.82, 2.24) is 48.6 Å². The highest BCUT2D eigenvalue weighted by atomic mass is 19.3. The largest absolute Gasteiger partial charge is 0.380 e. The minimum absolute atomic E-state index is 0.0101. The van der Waals surface area contributed by atoms with Gasteiger partial charge in [-0.1, -0.05) is 17.9 Å². The van der Waals surface area contributed by atoms with Crippen LogP contribution in [0.15, 0.2) is 47.7 Å². The Morgan fingerprint density at radius 2 is 1.81 bits per heavy atom. The number of halogens is 2. The molecule has 5 aromatic rings. The molecule has 7 heterocycles. The van der Waals surface area contributed by atoms with E-state index in [0.717, 1.165) is 64.1 Å². The number of ether oxygens (including phenoxy) is 1. The van der Waals surface area contributed by atoms with E-state index >= 15 is 0 Å². The molecule has 3 saturated heterocycles. The number of carbonyl (C=O) groups excluding carboxylic acids is 3. The molecule has 18 heteroatoms. The Morgan fingerprint density at radius 1 is 1.03 bits per heavy atom. The van der Waals surface area contributed by atoms with Gasteiger partial charge in [-0.05, 0) is 56.2 Å². The maximum atomic E-state index is 14.2. The summed E-state index contributed by atoms with van der Waals surface area (Å²) in [5.41, 5.74) is 2.54. The summed E-state index contributed by atoms with van der Waals surface area (Å²) in [6.45, 7) is 6.26. The standard InChI is InChI=1S/C41H45F2N11O5/c1-49-36-26(4-2-6-32(36)54(41(49)58)33-11-12-34(55)47-40(33)57)5-3-14-50-16-18-51(19-17-50)21-25-7-9-28(10-8-25)53-22-31(35(48-53)37(42)43)46-39(56)29-20-44-52-15-13-30(45-38(29)52)27-23-59-24-27/h2,4,6,13,15,20,22,25,27-28,33,37H,7-12,14,16-19,21,23-24H2,1H3,(H,46,56)(H,47,55,57). The highest BCUT2D eigenvalue weighted by molar-refractivity contribution is 6.08. The number of alkyl halides is 2. The molecule has 4 fully saturated rings. The van der Waals surface area contributed by atoms with Gasteiger partial charge in [0.25, 0.3) is 12.3 Å². The number of carbonyl (C=O) groups is 3. The molecule has 59 heavy (non-hydrogen) atoms. The SMILES string of the molecule is Cn1c(=O)n(C2CCC(=O)NC2=O)c2cccc(C#CCN3CCN(CC4CCC(n5cc(NC(=O)c6cnn7ccc(C8COC8)nc67)c(C(F)F)n5)CC4)CC3)c21. The molecule has 2 N–H and O–H groups in total. The molecule has 9 rings (SSSR count). The minimum Gasteiger partial charge on any atom is -0.380 e. The van der Waals surface area contributed by atoms with Gasteiger partial charge in [0, 0.05) is 64.5 Å². The van der Waals surface area contributed by atoms with E-state index in [1.54, 1.807) is 24.0 Å². The molecule has 308 valence electrons. The summed E-state index contributed by atoms with van der Waals surface area (Å²) < 4.78 is 39.7. The van der Waals surface area contributed by atoms with Gasteiger partial charge in [0.15, 0.2) is 11.3 Å². The van der Waals surface area contributed by atoms with Crippen LogP contribution in [0.2, 0.25) is 0 Å². The van der Waals surface area contributed by atoms with E-state index in [9.17, 15) is 28.0 Å². The Hall–Kier alpha value is -5.77. The van der Waals surface area contributed by atoms with Crippen LogP contribution in [0, 0.1) is 17.8 Å². The molecule has 1 aliphatic carbocycles. The van der Waals surface area contributed by atoms with Crippen LogP contribution in [0.5, 0.6) is 0 Å². The maximum absolute atomic E-state index is 14.2. The number of rotatable bonds is 9. The van der Waals surface area contributed by atoms with Crippen LogP contribution in [0.4, 0.5) is 14.5 Å². The molecular weight excluding hydrogens is 765 g/mol. The summed E-state index contributed by atoms with van der Waals surface area (Å²) in [5.74, 6) is 5.83. The molecule has 1 unspecified atom stereocenters. The van der Waals surface area contributed by atoms with Crippen LogP contribution < -0.4 is 16.3 Å². The lowest BCUT2D eigenvalue weighted by atomic mass is 9.85. The summed E-state index contributed by atoms with van der Waals surface area (Å²) >= 11 is 0. The number of para-hydroxylation sites is 1. The fraction of sp³-hybridized carbons (Fsp3) is 0.488. The predicted molar refractivity (Wildman–Crippen MR) is 211 cm³/mol. The number of nitrogens with zero attached hydrogens (tertiary/aromatic N) is 9. The topological polar surface area (TPSA) is 166 Å². The second-order valence-electron chi connectivity index (χ2n) is 16.0. The molecule has 3 amide bonds. The third-order valence-corrected chi connectivity index (χ3v) is 12.2. The van der Waals surface area contributed by atoms with E-state index in [4.69, 9.17) is 4.74 Å². The number of piperidine rings is 1. The van der Waals surface area contributed by atoms with Crippen molar-refractivity contribution >= 4 is 40.1 Å². The second kappa shape index (κ2) is 16.1. The lowest BCUT2D eigenvalue weighted by Gasteiger charge is -2.37. The third kappa shape index (κ3) is 7.65. The van der Waals surface area contributed by atoms with Gasteiger partial charge in [0.1, 0.15) is 11.6 Å². The van der Waals surface area contributed by atoms with E-state index in [2.05, 4.69) is 47.5 Å². The normalized spacial score (nSPS) is 22.1. The summed E-state index contributed by atoms with van der Waals surface area (Å²) in [7, 11) is 1.67. The summed E-state index contributed by atoms with van der Waals surface area (Å²) in [5, 5.41) is 13.5. The Morgan fingerprint density at radius 3 is 2.54 bits per heavy atom. The van der Waals surface area contributed by atoms with Gasteiger partial charge < -0.3 is 15.0 Å². The van der Waals surface area contributed by atoms with Crippen LogP contribution >= 0.6 is 0 Å². The van der Waals surface area contributed by atoms with Gasteiger partial charge in [-0.25, -0.2) is 23.1 Å². The maximum Gasteiger partial charge on any atom is 0.329 e. The number of imidazole rings is 1. The highest BCUT2D eigenvalue weighted by Gasteiger charge is 2.32. The number of piperazine rings is 1. The molecule has 1 saturated carbocycles. The van der Waals surface area contributed by atoms with Gasteiger partial charge in [-0.15, -0.1) is 0 Å². The Bertz CT molecular complexity index is 2550. The Labute approximate surface area is 337 Å². The molecule has 4 aliphatic rings. The monoisotopic (exact) mass is 809 g/mol. The number of aryl methyl sites for hydroxylation is 1. The van der Waals surface area contributed by atoms with Gasteiger partial charge in [0.2, 0.25) is 11.8 Å². The van der Waals surface area contributed by atoms with E-state index in [0.29, 0.717) is 47.9 Å². The molecule has 3 aliphatic heterocycles. The van der Waals surface area contributed by atoms with Crippen molar-refractivity contribution in [3.63, 3.8) is 0 Å². The molecule has 0 bridgehead atoms. The van der Waals surface area contributed by atoms with Crippen LogP contribution in [0.1, 0.15) is 90.3 Å². The predicted octanol–water partition coefficient (Wildman–Crippen LogP) is 3.26. The third-order valence-electron chi connectivity index (χ3n) is 12.2. The van der Waals surface area contributed by atoms with Crippen molar-refractivity contribution in [2.45, 2.75) is 63.0 Å². The molecule has 1 atom stereocenters. The Balaban J connectivity index is 0.768. The fourth-order valence-corrected chi connectivity index (χ4v) is 8.82. The number of amides is 3. The number of fused-ring (bicyclic) bond motifs is 2. The number of anilines is 1. The van der Waals surface area contributed by atoms with Crippen molar-refractivity contribution in [1.29, 1.82) is 0 Å². The summed E-state index contributed by atoms with van der Waals surface area (Å²) in [4.78, 5) is 60.3. The van der Waals surface area contributed by atoms with E-state index in [1.807, 2.05) is 18.2 Å². The van der Waals surface area contributed by atoms with Crippen LogP contribution in [0.3, 0.4) is 0 Å². The van der Waals surface area contributed by atoms with Crippen molar-refractivity contribution in [2.24, 2.45) is 13.0 Å². The minimum atomic E-state index is -2.86. The average molecular weight is 810 g/mol. The first-order valence-electron chi connectivity index (χ1n) is 20.2. The van der Waals surface area contributed by atoms with Crippen molar-refractivity contribution < 1.29 is 27.9 Å². The fourth-order valence-electron chi connectivity index (χ4n) is 8.82. The first-order valence-corrected chi connectivity index (χ1v) is 20.2. The van der Waals surface area contributed by atoms with E-state index in [-0.39, 0.29) is 47.6 Å². The number of hydrogen-bond acceptors (Lipinski definition) is 10. The summed E-state index contributed by atoms with van der Waals surface area (Å²) in [6, 6.07) is 6.56. The van der Waals surface area contributed by atoms with Crippen LogP contribution in [-0.2, 0) is 21.4 Å². The number of imide groups is 1. The highest BCUT2D eigenvalue weighted by Crippen LogP contribution is 2.36. The number of nitrogens with one attached hydrogen (secondary N) is 2. The zero-order valence-electron chi connectivity index (χ0n) is 32.6. The van der Waals surface area contributed by atoms with Gasteiger partial charge >= 0.3 is 5.69 Å². The first kappa shape index (κ1) is 38.7. The molecule has 16 nitrogen and oxygen atoms in total. The molecule has 0 spiro atoms. The number of hydrogen-bond donors (Lipinski definition) is 2. The second-order valence-corrected chi connectivity index (χ2v) is 16.0. The van der Waals surface area contributed by atoms with Crippen LogP contribution in [0.25, 0.3) is 16.7 Å². The number of benzene rings is 1. The molecule has 0 radical (unpaired) electrons. The van der Waals surface area contributed by atoms with Crippen molar-refractivity contribution in [3.8, 4) is 11.8 Å². The molecule has 1 aromatic carbocycles. The van der Waals surface area contributed by atoms with Crippen LogP contribution in [-0.4, -0.2) is 114 Å². The zero-order chi connectivity index (χ0) is 40.8. The lowest BCUT2D eigenvalue weighted by Crippen LogP contribution is -2.48. The zero-order valence-corrected chi connectivity index (χ0v) is 32.6. The Kier molecular flexibility index (Phi) is 10.6. The number of aromatic nitrogens is 7. The van der Waals surface area contributed by atoms with Gasteiger partial charge in [0.05, 0.1) is 60.0 Å². The molecular formula is C41H45F2N11O5. The average Bonchev–Trinajstić information content (AvgIpc) is 3.90. The van der Waals surface area contributed by atoms with Crippen molar-refractivity contribution in [3.05, 3.63) is 75.9 Å². The summed E-state index contributed by atoms with van der Waals surface area (Å²) in [6.07, 6.45) is 5.75. The van der Waals surface area contributed by atoms with Crippen molar-refractivity contribution in [2.75, 3.05) is 57.8 Å². The van der Waals surface area contributed by atoms with E-state index in [1.165, 1.54) is 26.0 Å². The first-order chi connectivity index (χ1) is 28.6. The molecule has 4 aromatic heterocycles. The van der Waals surface area contributed by atoms with Gasteiger partial charge in [-0.2, -0.15) is 10.2 Å². The lowest BCUT2D eigenvalue weighted by molar-refractivity contribution is -0.135.